The molecule has 0 unspecified atom stereocenters. The molecule has 2 N–H and O–H groups in total. The van der Waals surface area contributed by atoms with Gasteiger partial charge in [-0.1, -0.05) is 24.3 Å². The quantitative estimate of drug-likeness (QED) is 0.573. The Bertz CT molecular complexity index is 162. The summed E-state index contributed by atoms with van der Waals surface area (Å²) in [5, 5.41) is 8.26. The summed E-state index contributed by atoms with van der Waals surface area (Å²) in [6.07, 6.45) is 0. The van der Waals surface area contributed by atoms with Gasteiger partial charge in [0.2, 0.25) is 0 Å². The van der Waals surface area contributed by atoms with Crippen LogP contribution in [0.25, 0.3) is 0 Å². The van der Waals surface area contributed by atoms with Crippen molar-refractivity contribution in [3.8, 4) is 0 Å². The van der Waals surface area contributed by atoms with Crippen molar-refractivity contribution in [1.82, 2.24) is 5.48 Å². The Kier molecular flexibility index (Phi) is 2.24. The van der Waals surface area contributed by atoms with Crippen molar-refractivity contribution in [1.29, 1.82) is 0 Å². The number of hydrogen-bond acceptors (Lipinski definition) is 2. The van der Waals surface area contributed by atoms with Gasteiger partial charge in [-0.15, -0.1) is 0 Å². The number of hydrogen-bond donors (Lipinski definition) is 2. The van der Waals surface area contributed by atoms with Gasteiger partial charge in [-0.25, -0.2) is 5.48 Å². The Morgan fingerprint density at radius 3 is 2.67 bits per heavy atom. The van der Waals surface area contributed by atoms with E-state index >= 15 is 0 Å². The molecule has 2 heteroatoms. The minimum Gasteiger partial charge on any atom is -0.316 e. The van der Waals surface area contributed by atoms with Gasteiger partial charge in [-0.3, -0.25) is 0 Å². The fraction of sp³-hybridized carbons (Fsp3) is 0.143. The Morgan fingerprint density at radius 2 is 2.11 bits per heavy atom. The monoisotopic (exact) mass is 122 g/mol. The van der Waals surface area contributed by atoms with E-state index in [1.54, 1.807) is 0 Å². The summed E-state index contributed by atoms with van der Waals surface area (Å²) >= 11 is 0. The van der Waals surface area contributed by atoms with Crippen molar-refractivity contribution in [3.63, 3.8) is 0 Å². The molecule has 47 valence electrons. The topological polar surface area (TPSA) is 32.3 Å². The third kappa shape index (κ3) is 1.83. The van der Waals surface area contributed by atoms with E-state index in [0.717, 1.165) is 5.56 Å². The van der Waals surface area contributed by atoms with Crippen LogP contribution in [0.2, 0.25) is 0 Å². The van der Waals surface area contributed by atoms with E-state index in [0.29, 0.717) is 6.54 Å². The van der Waals surface area contributed by atoms with E-state index < -0.39 is 0 Å². The molecule has 0 saturated carbocycles. The van der Waals surface area contributed by atoms with E-state index in [4.69, 9.17) is 5.21 Å². The van der Waals surface area contributed by atoms with E-state index in [1.807, 2.05) is 24.3 Å². The second-order valence-electron chi connectivity index (χ2n) is 1.74. The third-order valence-electron chi connectivity index (χ3n) is 1.07. The number of hydroxylamine groups is 1. The summed E-state index contributed by atoms with van der Waals surface area (Å²) in [4.78, 5) is 0. The largest absolute Gasteiger partial charge is 0.316 e. The predicted octanol–water partition coefficient (Wildman–Crippen LogP) is 0.966. The summed E-state index contributed by atoms with van der Waals surface area (Å²) in [5.41, 5.74) is 3.12. The number of rotatable bonds is 2. The molecule has 0 aromatic heterocycles. The highest BCUT2D eigenvalue weighted by Crippen LogP contribution is 1.94. The molecule has 0 aliphatic heterocycles. The van der Waals surface area contributed by atoms with Crippen LogP contribution in [0, 0.1) is 6.07 Å². The highest BCUT2D eigenvalue weighted by molar-refractivity contribution is 5.12. The van der Waals surface area contributed by atoms with Gasteiger partial charge in [0.25, 0.3) is 0 Å². The van der Waals surface area contributed by atoms with Crippen molar-refractivity contribution < 1.29 is 5.21 Å². The average Bonchev–Trinajstić information content (AvgIpc) is 1.91. The van der Waals surface area contributed by atoms with Crippen molar-refractivity contribution >= 4 is 0 Å². The molecule has 2 nitrogen and oxygen atoms in total. The van der Waals surface area contributed by atoms with Gasteiger partial charge in [-0.2, -0.15) is 0 Å². The molecule has 0 bridgehead atoms. The van der Waals surface area contributed by atoms with Crippen LogP contribution in [-0.4, -0.2) is 5.21 Å². The highest BCUT2D eigenvalue weighted by atomic mass is 16.5. The zero-order chi connectivity index (χ0) is 6.53. The zero-order valence-corrected chi connectivity index (χ0v) is 4.96. The fourth-order valence-corrected chi connectivity index (χ4v) is 0.631. The maximum Gasteiger partial charge on any atom is 0.0458 e. The van der Waals surface area contributed by atoms with Crippen molar-refractivity contribution in [3.05, 3.63) is 35.9 Å². The summed E-state index contributed by atoms with van der Waals surface area (Å²) in [7, 11) is 0. The SMILES string of the molecule is ONCc1cc[c]cc1. The lowest BCUT2D eigenvalue weighted by Crippen LogP contribution is -2.05. The minimum atomic E-state index is 0.495. The van der Waals surface area contributed by atoms with Gasteiger partial charge >= 0.3 is 0 Å². The predicted molar refractivity (Wildman–Crippen MR) is 33.9 cm³/mol. The van der Waals surface area contributed by atoms with Crippen LogP contribution in [0.5, 0.6) is 0 Å². The molecule has 0 aliphatic carbocycles. The molecule has 0 aliphatic rings. The van der Waals surface area contributed by atoms with Gasteiger partial charge in [0.15, 0.2) is 0 Å². The molecule has 1 aromatic rings. The van der Waals surface area contributed by atoms with Gasteiger partial charge in [0.1, 0.15) is 0 Å². The van der Waals surface area contributed by atoms with Crippen LogP contribution in [-0.2, 0) is 6.54 Å². The molecule has 0 saturated heterocycles. The van der Waals surface area contributed by atoms with E-state index in [1.165, 1.54) is 0 Å². The van der Waals surface area contributed by atoms with Crippen molar-refractivity contribution in [2.75, 3.05) is 0 Å². The van der Waals surface area contributed by atoms with Crippen LogP contribution in [0.3, 0.4) is 0 Å². The first kappa shape index (κ1) is 6.26. The van der Waals surface area contributed by atoms with Gasteiger partial charge in [0.05, 0.1) is 0 Å². The van der Waals surface area contributed by atoms with Crippen LogP contribution in [0.15, 0.2) is 24.3 Å². The average molecular weight is 122 g/mol. The van der Waals surface area contributed by atoms with Gasteiger partial charge < -0.3 is 5.21 Å². The molecule has 0 heterocycles. The van der Waals surface area contributed by atoms with E-state index in [2.05, 4.69) is 11.5 Å². The van der Waals surface area contributed by atoms with Crippen LogP contribution in [0.1, 0.15) is 5.56 Å². The van der Waals surface area contributed by atoms with Crippen molar-refractivity contribution in [2.24, 2.45) is 0 Å². The molecular formula is C7H8NO. The standard InChI is InChI=1S/C7H8NO/c9-8-6-7-4-2-1-3-5-7/h2-5,8-9H,6H2. The molecule has 1 rings (SSSR count). The van der Waals surface area contributed by atoms with E-state index in [9.17, 15) is 0 Å². The molecule has 1 radical (unpaired) electrons. The Balaban J connectivity index is 2.61. The molecule has 0 spiro atoms. The van der Waals surface area contributed by atoms with Crippen molar-refractivity contribution in [2.45, 2.75) is 6.54 Å². The lowest BCUT2D eigenvalue weighted by Gasteiger charge is -1.94. The molecule has 0 amide bonds. The Labute approximate surface area is 54.1 Å². The Morgan fingerprint density at radius 1 is 1.44 bits per heavy atom. The molecule has 0 atom stereocenters. The smallest absolute Gasteiger partial charge is 0.0458 e. The van der Waals surface area contributed by atoms with Gasteiger partial charge in [-0.05, 0) is 11.6 Å². The lowest BCUT2D eigenvalue weighted by molar-refractivity contribution is 0.161. The normalized spacial score (nSPS) is 9.44. The summed E-state index contributed by atoms with van der Waals surface area (Å²) in [6, 6.07) is 10.3. The molecular weight excluding hydrogens is 114 g/mol. The molecule has 9 heavy (non-hydrogen) atoms. The number of nitrogens with one attached hydrogen (secondary N) is 1. The molecule has 1 aromatic carbocycles. The maximum atomic E-state index is 8.26. The van der Waals surface area contributed by atoms with Crippen LogP contribution >= 0.6 is 0 Å². The second kappa shape index (κ2) is 3.22. The second-order valence-corrected chi connectivity index (χ2v) is 1.74. The van der Waals surface area contributed by atoms with Crippen LogP contribution < -0.4 is 5.48 Å². The minimum absolute atomic E-state index is 0.495. The number of benzene rings is 1. The summed E-state index contributed by atoms with van der Waals surface area (Å²) < 4.78 is 0. The van der Waals surface area contributed by atoms with E-state index in [-0.39, 0.29) is 0 Å². The lowest BCUT2D eigenvalue weighted by atomic mass is 10.2. The first-order chi connectivity index (χ1) is 4.43. The first-order valence-electron chi connectivity index (χ1n) is 2.75. The van der Waals surface area contributed by atoms with Gasteiger partial charge in [0, 0.05) is 6.54 Å². The highest BCUT2D eigenvalue weighted by Gasteiger charge is 1.84. The van der Waals surface area contributed by atoms with Crippen LogP contribution in [0.4, 0.5) is 0 Å². The third-order valence-corrected chi connectivity index (χ3v) is 1.07. The summed E-state index contributed by atoms with van der Waals surface area (Å²) in [5.74, 6) is 0. The summed E-state index contributed by atoms with van der Waals surface area (Å²) in [6.45, 7) is 0.495. The zero-order valence-electron chi connectivity index (χ0n) is 4.96. The Hall–Kier alpha value is -0.860. The molecule has 0 fully saturated rings. The maximum absolute atomic E-state index is 8.26. The first-order valence-corrected chi connectivity index (χ1v) is 2.75. The fourth-order valence-electron chi connectivity index (χ4n) is 0.631.